The summed E-state index contributed by atoms with van der Waals surface area (Å²) >= 11 is 6.23. The summed E-state index contributed by atoms with van der Waals surface area (Å²) in [6.07, 6.45) is 0. The van der Waals surface area contributed by atoms with E-state index in [0.29, 0.717) is 23.8 Å². The second-order valence-corrected chi connectivity index (χ2v) is 4.81. The third kappa shape index (κ3) is 2.06. The number of nitrogens with one attached hydrogen (secondary N) is 2. The van der Waals surface area contributed by atoms with Gasteiger partial charge >= 0.3 is 0 Å². The average molecular weight is 278 g/mol. The zero-order valence-electron chi connectivity index (χ0n) is 10.1. The average Bonchev–Trinajstić information content (AvgIpc) is 2.76. The van der Waals surface area contributed by atoms with Gasteiger partial charge in [-0.05, 0) is 6.07 Å². The van der Waals surface area contributed by atoms with Crippen LogP contribution < -0.4 is 5.32 Å². The van der Waals surface area contributed by atoms with Crippen molar-refractivity contribution in [3.8, 4) is 0 Å². The fourth-order valence-corrected chi connectivity index (χ4v) is 2.52. The van der Waals surface area contributed by atoms with E-state index < -0.39 is 0 Å². The molecule has 0 bridgehead atoms. The maximum Gasteiger partial charge on any atom is 0.272 e. The number of carbonyl (C=O) groups is 2. The highest BCUT2D eigenvalue weighted by atomic mass is 35.5. The standard InChI is InChI=1S/C13H12ClN3O2/c14-11-8-3-1-2-4-9(8)16-12(11)13(19)17-6-5-15-10(18)7-17/h1-4,16H,5-7H2,(H,15,18). The molecule has 1 saturated heterocycles. The first-order chi connectivity index (χ1) is 9.16. The summed E-state index contributed by atoms with van der Waals surface area (Å²) in [5.41, 5.74) is 1.16. The van der Waals surface area contributed by atoms with Crippen LogP contribution in [0, 0.1) is 0 Å². The molecule has 0 saturated carbocycles. The first-order valence-electron chi connectivity index (χ1n) is 5.99. The summed E-state index contributed by atoms with van der Waals surface area (Å²) in [4.78, 5) is 28.2. The summed E-state index contributed by atoms with van der Waals surface area (Å²) in [6, 6.07) is 7.46. The number of H-pyrrole nitrogens is 1. The number of aromatic amines is 1. The molecule has 2 amide bonds. The van der Waals surface area contributed by atoms with Crippen molar-refractivity contribution in [3.63, 3.8) is 0 Å². The Labute approximate surface area is 114 Å². The first kappa shape index (κ1) is 12.0. The molecule has 2 aromatic rings. The lowest BCUT2D eigenvalue weighted by Crippen LogP contribution is -2.50. The van der Waals surface area contributed by atoms with E-state index in [9.17, 15) is 9.59 Å². The molecular formula is C13H12ClN3O2. The second-order valence-electron chi connectivity index (χ2n) is 4.44. The van der Waals surface area contributed by atoms with Gasteiger partial charge in [0.1, 0.15) is 5.69 Å². The van der Waals surface area contributed by atoms with E-state index in [0.717, 1.165) is 10.9 Å². The van der Waals surface area contributed by atoms with Crippen molar-refractivity contribution >= 4 is 34.3 Å². The van der Waals surface area contributed by atoms with E-state index in [1.54, 1.807) is 0 Å². The van der Waals surface area contributed by atoms with Gasteiger partial charge in [-0.3, -0.25) is 9.59 Å². The van der Waals surface area contributed by atoms with Crippen molar-refractivity contribution in [1.29, 1.82) is 0 Å². The Bertz CT molecular complexity index is 665. The fourth-order valence-electron chi connectivity index (χ4n) is 2.23. The molecular weight excluding hydrogens is 266 g/mol. The van der Waals surface area contributed by atoms with E-state index in [-0.39, 0.29) is 18.4 Å². The first-order valence-corrected chi connectivity index (χ1v) is 6.37. The van der Waals surface area contributed by atoms with Crippen LogP contribution in [0.15, 0.2) is 24.3 Å². The largest absolute Gasteiger partial charge is 0.353 e. The maximum absolute atomic E-state index is 12.4. The van der Waals surface area contributed by atoms with Gasteiger partial charge < -0.3 is 15.2 Å². The number of hydrogen-bond acceptors (Lipinski definition) is 2. The van der Waals surface area contributed by atoms with E-state index in [2.05, 4.69) is 10.3 Å². The van der Waals surface area contributed by atoms with Gasteiger partial charge in [-0.25, -0.2) is 0 Å². The number of amides is 2. The lowest BCUT2D eigenvalue weighted by Gasteiger charge is -2.26. The van der Waals surface area contributed by atoms with Gasteiger partial charge in [0.15, 0.2) is 0 Å². The number of fused-ring (bicyclic) bond motifs is 1. The molecule has 2 N–H and O–H groups in total. The Morgan fingerprint density at radius 3 is 2.84 bits per heavy atom. The van der Waals surface area contributed by atoms with Gasteiger partial charge in [0.05, 0.1) is 11.6 Å². The highest BCUT2D eigenvalue weighted by molar-refractivity contribution is 6.38. The van der Waals surface area contributed by atoms with Crippen LogP contribution in [-0.2, 0) is 4.79 Å². The third-order valence-electron chi connectivity index (χ3n) is 3.18. The molecule has 1 aliphatic rings. The summed E-state index contributed by atoms with van der Waals surface area (Å²) in [5.74, 6) is -0.386. The Morgan fingerprint density at radius 1 is 1.32 bits per heavy atom. The number of benzene rings is 1. The van der Waals surface area contributed by atoms with Gasteiger partial charge in [-0.2, -0.15) is 0 Å². The SMILES string of the molecule is O=C1CN(C(=O)c2[nH]c3ccccc3c2Cl)CCN1. The van der Waals surface area contributed by atoms with Gasteiger partial charge in [-0.15, -0.1) is 0 Å². The quantitative estimate of drug-likeness (QED) is 0.827. The molecule has 0 radical (unpaired) electrons. The molecule has 1 aromatic carbocycles. The van der Waals surface area contributed by atoms with E-state index >= 15 is 0 Å². The summed E-state index contributed by atoms with van der Waals surface area (Å²) < 4.78 is 0. The molecule has 19 heavy (non-hydrogen) atoms. The van der Waals surface area contributed by atoms with Gasteiger partial charge in [0, 0.05) is 24.0 Å². The molecule has 0 unspecified atom stereocenters. The minimum Gasteiger partial charge on any atom is -0.353 e. The number of aromatic nitrogens is 1. The predicted octanol–water partition coefficient (Wildman–Crippen LogP) is 1.39. The second kappa shape index (κ2) is 4.59. The topological polar surface area (TPSA) is 65.2 Å². The number of nitrogens with zero attached hydrogens (tertiary/aromatic N) is 1. The van der Waals surface area contributed by atoms with Gasteiger partial charge in [-0.1, -0.05) is 29.8 Å². The van der Waals surface area contributed by atoms with Crippen LogP contribution in [0.25, 0.3) is 10.9 Å². The lowest BCUT2D eigenvalue weighted by atomic mass is 10.2. The van der Waals surface area contributed by atoms with Gasteiger partial charge in [0.2, 0.25) is 5.91 Å². The number of hydrogen-bond donors (Lipinski definition) is 2. The highest BCUT2D eigenvalue weighted by Crippen LogP contribution is 2.28. The molecule has 5 nitrogen and oxygen atoms in total. The number of piperazine rings is 1. The lowest BCUT2D eigenvalue weighted by molar-refractivity contribution is -0.123. The maximum atomic E-state index is 12.4. The van der Waals surface area contributed by atoms with Crippen molar-refractivity contribution < 1.29 is 9.59 Å². The Morgan fingerprint density at radius 2 is 2.11 bits per heavy atom. The van der Waals surface area contributed by atoms with Crippen LogP contribution in [0.4, 0.5) is 0 Å². The highest BCUT2D eigenvalue weighted by Gasteiger charge is 2.25. The zero-order chi connectivity index (χ0) is 13.4. The van der Waals surface area contributed by atoms with Crippen molar-refractivity contribution in [2.75, 3.05) is 19.6 Å². The van der Waals surface area contributed by atoms with E-state index in [1.165, 1.54) is 4.90 Å². The smallest absolute Gasteiger partial charge is 0.272 e. The molecule has 1 fully saturated rings. The predicted molar refractivity (Wildman–Crippen MR) is 72.2 cm³/mol. The van der Waals surface area contributed by atoms with Gasteiger partial charge in [0.25, 0.3) is 5.91 Å². The van der Waals surface area contributed by atoms with Crippen molar-refractivity contribution in [2.45, 2.75) is 0 Å². The molecule has 6 heteroatoms. The summed E-state index contributed by atoms with van der Waals surface area (Å²) in [5, 5.41) is 3.91. The van der Waals surface area contributed by atoms with Crippen LogP contribution in [-0.4, -0.2) is 41.3 Å². The van der Waals surface area contributed by atoms with Crippen LogP contribution >= 0.6 is 11.6 Å². The Kier molecular flexibility index (Phi) is 2.91. The Balaban J connectivity index is 1.97. The summed E-state index contributed by atoms with van der Waals surface area (Å²) in [6.45, 7) is 1.04. The monoisotopic (exact) mass is 277 g/mol. The molecule has 98 valence electrons. The van der Waals surface area contributed by atoms with Crippen LogP contribution in [0.1, 0.15) is 10.5 Å². The van der Waals surface area contributed by atoms with Crippen molar-refractivity contribution in [3.05, 3.63) is 35.0 Å². The minimum atomic E-state index is -0.240. The molecule has 0 spiro atoms. The molecule has 0 atom stereocenters. The molecule has 3 rings (SSSR count). The molecule has 2 heterocycles. The molecule has 1 aliphatic heterocycles. The molecule has 1 aromatic heterocycles. The van der Waals surface area contributed by atoms with Crippen LogP contribution in [0.5, 0.6) is 0 Å². The summed E-state index contributed by atoms with van der Waals surface area (Å²) in [7, 11) is 0. The number of carbonyl (C=O) groups excluding carboxylic acids is 2. The third-order valence-corrected chi connectivity index (χ3v) is 3.57. The Hall–Kier alpha value is -2.01. The van der Waals surface area contributed by atoms with Crippen molar-refractivity contribution in [1.82, 2.24) is 15.2 Å². The minimum absolute atomic E-state index is 0.0739. The zero-order valence-corrected chi connectivity index (χ0v) is 10.8. The van der Waals surface area contributed by atoms with E-state index in [1.807, 2.05) is 24.3 Å². The number of para-hydroxylation sites is 1. The van der Waals surface area contributed by atoms with Crippen LogP contribution in [0.3, 0.4) is 0 Å². The number of halogens is 1. The molecule has 0 aliphatic carbocycles. The van der Waals surface area contributed by atoms with Crippen molar-refractivity contribution in [2.24, 2.45) is 0 Å². The van der Waals surface area contributed by atoms with E-state index in [4.69, 9.17) is 11.6 Å². The fraction of sp³-hybridized carbons (Fsp3) is 0.231. The normalized spacial score (nSPS) is 15.6. The van der Waals surface area contributed by atoms with Crippen LogP contribution in [0.2, 0.25) is 5.02 Å². The number of rotatable bonds is 1.